The van der Waals surface area contributed by atoms with Crippen molar-refractivity contribution in [2.24, 2.45) is 0 Å². The zero-order valence-electron chi connectivity index (χ0n) is 11.5. The Kier molecular flexibility index (Phi) is 4.98. The molecular formula is C12H19N5OS. The first kappa shape index (κ1) is 14.1. The maximum absolute atomic E-state index is 5.66. The van der Waals surface area contributed by atoms with Crippen molar-refractivity contribution in [2.75, 3.05) is 6.54 Å². The highest BCUT2D eigenvalue weighted by Crippen LogP contribution is 2.25. The van der Waals surface area contributed by atoms with Gasteiger partial charge in [-0.15, -0.1) is 15.3 Å². The molecule has 0 unspecified atom stereocenters. The summed E-state index contributed by atoms with van der Waals surface area (Å²) >= 11 is 1.30. The van der Waals surface area contributed by atoms with Crippen molar-refractivity contribution in [1.29, 1.82) is 0 Å². The number of rotatable bonds is 7. The third-order valence-electron chi connectivity index (χ3n) is 2.67. The third kappa shape index (κ3) is 3.81. The van der Waals surface area contributed by atoms with Gasteiger partial charge in [-0.1, -0.05) is 25.3 Å². The Morgan fingerprint density at radius 1 is 1.26 bits per heavy atom. The van der Waals surface area contributed by atoms with Gasteiger partial charge in [0.25, 0.3) is 5.89 Å². The number of aryl methyl sites for hydroxylation is 2. The normalized spacial score (nSPS) is 11.4. The minimum atomic E-state index is 0.508. The van der Waals surface area contributed by atoms with E-state index in [1.54, 1.807) is 0 Å². The highest BCUT2D eigenvalue weighted by atomic mass is 32.1. The maximum atomic E-state index is 5.66. The Labute approximate surface area is 116 Å². The summed E-state index contributed by atoms with van der Waals surface area (Å²) in [5, 5.41) is 15.6. The van der Waals surface area contributed by atoms with Crippen LogP contribution in [0.1, 0.15) is 38.8 Å². The molecule has 0 aliphatic rings. The lowest BCUT2D eigenvalue weighted by atomic mass is 10.3. The van der Waals surface area contributed by atoms with Crippen LogP contribution in [0, 0.1) is 0 Å². The molecular weight excluding hydrogens is 262 g/mol. The van der Waals surface area contributed by atoms with Gasteiger partial charge in [0.05, 0.1) is 5.69 Å². The van der Waals surface area contributed by atoms with Crippen LogP contribution in [0.3, 0.4) is 0 Å². The Bertz CT molecular complexity index is 508. The molecule has 0 aliphatic heterocycles. The van der Waals surface area contributed by atoms with Crippen molar-refractivity contribution in [3.63, 3.8) is 0 Å². The Morgan fingerprint density at radius 2 is 2.11 bits per heavy atom. The summed E-state index contributed by atoms with van der Waals surface area (Å²) in [7, 11) is 0. The predicted octanol–water partition coefficient (Wildman–Crippen LogP) is 2.08. The van der Waals surface area contributed by atoms with Crippen LogP contribution in [-0.2, 0) is 12.8 Å². The summed E-state index contributed by atoms with van der Waals surface area (Å²) in [4.78, 5) is 0.890. The quantitative estimate of drug-likeness (QED) is 0.783. The van der Waals surface area contributed by atoms with Crippen molar-refractivity contribution in [2.45, 2.75) is 46.1 Å². The molecule has 0 bridgehead atoms. The van der Waals surface area contributed by atoms with E-state index in [1.165, 1.54) is 11.5 Å². The minimum absolute atomic E-state index is 0.508. The third-order valence-corrected chi connectivity index (χ3v) is 3.43. The second-order valence-corrected chi connectivity index (χ2v) is 5.37. The molecule has 104 valence electrons. The second-order valence-electron chi connectivity index (χ2n) is 4.62. The molecule has 6 nitrogen and oxygen atoms in total. The highest BCUT2D eigenvalue weighted by molar-refractivity contribution is 7.09. The van der Waals surface area contributed by atoms with Crippen molar-refractivity contribution < 1.29 is 4.42 Å². The minimum Gasteiger partial charge on any atom is -0.420 e. The van der Waals surface area contributed by atoms with E-state index in [0.29, 0.717) is 17.8 Å². The standard InChI is InChI=1S/C12H19N5OS/c1-4-9-11(19-17-14-9)12-16-15-10(18-12)6-5-7-13-8(2)3/h8,13H,4-7H2,1-3H3. The largest absolute Gasteiger partial charge is 0.420 e. The number of hydrogen-bond donors (Lipinski definition) is 1. The predicted molar refractivity (Wildman–Crippen MR) is 74.0 cm³/mol. The molecule has 0 radical (unpaired) electrons. The smallest absolute Gasteiger partial charge is 0.261 e. The molecule has 7 heteroatoms. The fourth-order valence-electron chi connectivity index (χ4n) is 1.68. The van der Waals surface area contributed by atoms with Crippen LogP contribution < -0.4 is 5.32 Å². The van der Waals surface area contributed by atoms with Gasteiger partial charge in [0.15, 0.2) is 0 Å². The first-order chi connectivity index (χ1) is 9.20. The molecule has 1 N–H and O–H groups in total. The topological polar surface area (TPSA) is 76.7 Å². The van der Waals surface area contributed by atoms with E-state index >= 15 is 0 Å². The van der Waals surface area contributed by atoms with Gasteiger partial charge >= 0.3 is 0 Å². The summed E-state index contributed by atoms with van der Waals surface area (Å²) in [6, 6.07) is 0.508. The molecule has 0 aliphatic carbocycles. The van der Waals surface area contributed by atoms with E-state index < -0.39 is 0 Å². The van der Waals surface area contributed by atoms with Crippen LogP contribution in [0.25, 0.3) is 10.8 Å². The van der Waals surface area contributed by atoms with Crippen LogP contribution in [0.4, 0.5) is 0 Å². The summed E-state index contributed by atoms with van der Waals surface area (Å²) in [5.41, 5.74) is 0.918. The van der Waals surface area contributed by atoms with E-state index in [4.69, 9.17) is 4.42 Å². The SMILES string of the molecule is CCc1nnsc1-c1nnc(CCCNC(C)C)o1. The molecule has 0 atom stereocenters. The highest BCUT2D eigenvalue weighted by Gasteiger charge is 2.15. The number of aromatic nitrogens is 4. The number of nitrogens with one attached hydrogen (secondary N) is 1. The average Bonchev–Trinajstić information content (AvgIpc) is 3.02. The second kappa shape index (κ2) is 6.72. The van der Waals surface area contributed by atoms with Gasteiger partial charge in [-0.2, -0.15) is 0 Å². The van der Waals surface area contributed by atoms with Gasteiger partial charge in [-0.3, -0.25) is 0 Å². The molecule has 0 fully saturated rings. The van der Waals surface area contributed by atoms with Crippen molar-refractivity contribution >= 4 is 11.5 Å². The fourth-order valence-corrected chi connectivity index (χ4v) is 2.35. The molecule has 0 amide bonds. The molecule has 2 aromatic rings. The van der Waals surface area contributed by atoms with E-state index in [2.05, 4.69) is 38.9 Å². The van der Waals surface area contributed by atoms with Crippen molar-refractivity contribution in [3.05, 3.63) is 11.6 Å². The Balaban J connectivity index is 1.92. The van der Waals surface area contributed by atoms with Gasteiger partial charge in [-0.25, -0.2) is 0 Å². The maximum Gasteiger partial charge on any atom is 0.261 e. The Morgan fingerprint density at radius 3 is 2.84 bits per heavy atom. The lowest BCUT2D eigenvalue weighted by Crippen LogP contribution is -2.23. The average molecular weight is 281 g/mol. The van der Waals surface area contributed by atoms with Crippen molar-refractivity contribution in [1.82, 2.24) is 25.1 Å². The molecule has 0 aromatic carbocycles. The van der Waals surface area contributed by atoms with Crippen LogP contribution >= 0.6 is 11.5 Å². The molecule has 0 spiro atoms. The fraction of sp³-hybridized carbons (Fsp3) is 0.667. The first-order valence-corrected chi connectivity index (χ1v) is 7.35. The molecule has 2 heterocycles. The van der Waals surface area contributed by atoms with Crippen LogP contribution in [0.2, 0.25) is 0 Å². The summed E-state index contributed by atoms with van der Waals surface area (Å²) in [6.45, 7) is 7.26. The zero-order chi connectivity index (χ0) is 13.7. The first-order valence-electron chi connectivity index (χ1n) is 6.58. The van der Waals surface area contributed by atoms with Gasteiger partial charge in [0.2, 0.25) is 5.89 Å². The van der Waals surface area contributed by atoms with Crippen LogP contribution in [-0.4, -0.2) is 32.4 Å². The van der Waals surface area contributed by atoms with E-state index in [-0.39, 0.29) is 0 Å². The monoisotopic (exact) mass is 281 g/mol. The van der Waals surface area contributed by atoms with Crippen molar-refractivity contribution in [3.8, 4) is 10.8 Å². The van der Waals surface area contributed by atoms with Crippen LogP contribution in [0.15, 0.2) is 4.42 Å². The van der Waals surface area contributed by atoms with E-state index in [0.717, 1.165) is 36.4 Å². The van der Waals surface area contributed by atoms with E-state index in [1.807, 2.05) is 6.92 Å². The lowest BCUT2D eigenvalue weighted by molar-refractivity contribution is 0.484. The molecule has 19 heavy (non-hydrogen) atoms. The molecule has 0 saturated heterocycles. The van der Waals surface area contributed by atoms with E-state index in [9.17, 15) is 0 Å². The zero-order valence-corrected chi connectivity index (χ0v) is 12.3. The molecule has 0 saturated carbocycles. The van der Waals surface area contributed by atoms with Crippen LogP contribution in [0.5, 0.6) is 0 Å². The van der Waals surface area contributed by atoms with Gasteiger partial charge < -0.3 is 9.73 Å². The number of hydrogen-bond acceptors (Lipinski definition) is 7. The molecule has 2 aromatic heterocycles. The summed E-state index contributed by atoms with van der Waals surface area (Å²) in [6.07, 6.45) is 2.60. The Hall–Kier alpha value is -1.34. The summed E-state index contributed by atoms with van der Waals surface area (Å²) < 4.78 is 9.59. The summed E-state index contributed by atoms with van der Waals surface area (Å²) in [5.74, 6) is 1.22. The molecule has 2 rings (SSSR count). The lowest BCUT2D eigenvalue weighted by Gasteiger charge is -2.05. The van der Waals surface area contributed by atoms with Gasteiger partial charge in [-0.05, 0) is 30.9 Å². The van der Waals surface area contributed by atoms with Gasteiger partial charge in [0.1, 0.15) is 4.88 Å². The van der Waals surface area contributed by atoms with Gasteiger partial charge in [0, 0.05) is 12.5 Å². The number of nitrogens with zero attached hydrogens (tertiary/aromatic N) is 4.